The van der Waals surface area contributed by atoms with E-state index in [2.05, 4.69) is 10.5 Å². The highest BCUT2D eigenvalue weighted by atomic mass is 16.5. The van der Waals surface area contributed by atoms with Crippen LogP contribution in [0.25, 0.3) is 0 Å². The quantitative estimate of drug-likeness (QED) is 0.620. The Morgan fingerprint density at radius 2 is 1.72 bits per heavy atom. The van der Waals surface area contributed by atoms with Crippen molar-refractivity contribution in [3.05, 3.63) is 53.6 Å². The summed E-state index contributed by atoms with van der Waals surface area (Å²) in [6, 6.07) is 12.9. The molecule has 0 saturated heterocycles. The van der Waals surface area contributed by atoms with Crippen molar-refractivity contribution in [3.63, 3.8) is 0 Å². The molecule has 0 atom stereocenters. The van der Waals surface area contributed by atoms with Crippen LogP contribution in [0.5, 0.6) is 17.2 Å². The van der Waals surface area contributed by atoms with E-state index in [0.29, 0.717) is 23.0 Å². The lowest BCUT2D eigenvalue weighted by Gasteiger charge is -2.10. The number of benzene rings is 2. The third-order valence-corrected chi connectivity index (χ3v) is 3.54. The van der Waals surface area contributed by atoms with Gasteiger partial charge in [0.25, 0.3) is 5.91 Å². The number of hydrogen-bond acceptors (Lipinski definition) is 5. The van der Waals surface area contributed by atoms with Gasteiger partial charge in [-0.05, 0) is 38.1 Å². The van der Waals surface area contributed by atoms with E-state index < -0.39 is 0 Å². The van der Waals surface area contributed by atoms with Gasteiger partial charge < -0.3 is 14.2 Å². The maximum Gasteiger partial charge on any atom is 0.277 e. The summed E-state index contributed by atoms with van der Waals surface area (Å²) in [7, 11) is 3.16. The van der Waals surface area contributed by atoms with Crippen molar-refractivity contribution in [1.29, 1.82) is 0 Å². The topological polar surface area (TPSA) is 69.2 Å². The highest BCUT2D eigenvalue weighted by molar-refractivity contribution is 6.01. The largest absolute Gasteiger partial charge is 0.497 e. The lowest BCUT2D eigenvalue weighted by atomic mass is 10.1. The van der Waals surface area contributed by atoms with Gasteiger partial charge in [0.15, 0.2) is 6.61 Å². The van der Waals surface area contributed by atoms with E-state index in [1.807, 2.05) is 37.3 Å². The van der Waals surface area contributed by atoms with Crippen LogP contribution in [-0.4, -0.2) is 32.4 Å². The number of methoxy groups -OCH3 is 2. The van der Waals surface area contributed by atoms with Gasteiger partial charge in [-0.3, -0.25) is 4.79 Å². The molecule has 2 aromatic rings. The molecule has 0 unspecified atom stereocenters. The van der Waals surface area contributed by atoms with Crippen molar-refractivity contribution in [2.24, 2.45) is 5.10 Å². The van der Waals surface area contributed by atoms with Crippen molar-refractivity contribution >= 4 is 11.6 Å². The molecule has 1 N–H and O–H groups in total. The molecule has 0 aliphatic heterocycles. The molecule has 6 heteroatoms. The first-order valence-corrected chi connectivity index (χ1v) is 7.78. The molecule has 0 saturated carbocycles. The van der Waals surface area contributed by atoms with E-state index in [4.69, 9.17) is 14.2 Å². The minimum Gasteiger partial charge on any atom is -0.497 e. The zero-order valence-corrected chi connectivity index (χ0v) is 14.8. The first-order chi connectivity index (χ1) is 12.0. The number of carbonyl (C=O) groups excluding carboxylic acids is 1. The number of aryl methyl sites for hydroxylation is 1. The SMILES string of the molecule is COc1ccc(C(C)=NNC(=O)COc2ccc(C)cc2)c(OC)c1. The minimum atomic E-state index is -0.340. The molecule has 0 radical (unpaired) electrons. The highest BCUT2D eigenvalue weighted by Crippen LogP contribution is 2.25. The fourth-order valence-electron chi connectivity index (χ4n) is 2.12. The lowest BCUT2D eigenvalue weighted by Crippen LogP contribution is -2.25. The van der Waals surface area contributed by atoms with Gasteiger partial charge >= 0.3 is 0 Å². The van der Waals surface area contributed by atoms with Gasteiger partial charge in [0.1, 0.15) is 17.2 Å². The Morgan fingerprint density at radius 1 is 1.04 bits per heavy atom. The Labute approximate surface area is 147 Å². The van der Waals surface area contributed by atoms with Gasteiger partial charge in [-0.15, -0.1) is 0 Å². The average Bonchev–Trinajstić information content (AvgIpc) is 2.65. The number of hydrazone groups is 1. The molecule has 0 spiro atoms. The van der Waals surface area contributed by atoms with Gasteiger partial charge in [-0.2, -0.15) is 5.10 Å². The predicted octanol–water partition coefficient (Wildman–Crippen LogP) is 2.93. The van der Waals surface area contributed by atoms with Crippen LogP contribution < -0.4 is 19.6 Å². The van der Waals surface area contributed by atoms with Crippen LogP contribution in [0.3, 0.4) is 0 Å². The summed E-state index contributed by atoms with van der Waals surface area (Å²) in [5.74, 6) is 1.60. The summed E-state index contributed by atoms with van der Waals surface area (Å²) in [4.78, 5) is 11.9. The summed E-state index contributed by atoms with van der Waals surface area (Å²) in [5.41, 5.74) is 4.99. The second-order valence-electron chi connectivity index (χ2n) is 5.40. The van der Waals surface area contributed by atoms with Crippen molar-refractivity contribution in [1.82, 2.24) is 5.43 Å². The molecule has 0 heterocycles. The molecule has 6 nitrogen and oxygen atoms in total. The van der Waals surface area contributed by atoms with Gasteiger partial charge in [0.2, 0.25) is 0 Å². The molecule has 1 amide bonds. The van der Waals surface area contributed by atoms with Crippen LogP contribution >= 0.6 is 0 Å². The van der Waals surface area contributed by atoms with Gasteiger partial charge in [-0.25, -0.2) is 5.43 Å². The smallest absolute Gasteiger partial charge is 0.277 e. The molecular weight excluding hydrogens is 320 g/mol. The van der Waals surface area contributed by atoms with E-state index in [1.54, 1.807) is 33.3 Å². The monoisotopic (exact) mass is 342 g/mol. The molecule has 0 aliphatic rings. The first-order valence-electron chi connectivity index (χ1n) is 7.78. The highest BCUT2D eigenvalue weighted by Gasteiger charge is 2.09. The average molecular weight is 342 g/mol. The second kappa shape index (κ2) is 8.73. The molecule has 0 aromatic heterocycles. The molecule has 0 bridgehead atoms. The molecular formula is C19H22N2O4. The predicted molar refractivity (Wildman–Crippen MR) is 96.6 cm³/mol. The zero-order valence-electron chi connectivity index (χ0n) is 14.8. The van der Waals surface area contributed by atoms with Crippen molar-refractivity contribution in [2.75, 3.05) is 20.8 Å². The van der Waals surface area contributed by atoms with Crippen LogP contribution in [-0.2, 0) is 4.79 Å². The van der Waals surface area contributed by atoms with Crippen molar-refractivity contribution in [3.8, 4) is 17.2 Å². The molecule has 2 aromatic carbocycles. The number of carbonyl (C=O) groups is 1. The maximum atomic E-state index is 11.9. The molecule has 0 aliphatic carbocycles. The normalized spacial score (nSPS) is 11.0. The summed E-state index contributed by atoms with van der Waals surface area (Å²) >= 11 is 0. The van der Waals surface area contributed by atoms with E-state index in [9.17, 15) is 4.79 Å². The first kappa shape index (κ1) is 18.3. The van der Waals surface area contributed by atoms with Crippen LogP contribution in [0.2, 0.25) is 0 Å². The van der Waals surface area contributed by atoms with Crippen molar-refractivity contribution in [2.45, 2.75) is 13.8 Å². The third-order valence-electron chi connectivity index (χ3n) is 3.54. The standard InChI is InChI=1S/C19H22N2O4/c1-13-5-7-15(8-6-13)25-12-19(22)21-20-14(2)17-10-9-16(23-3)11-18(17)24-4/h5-11H,12H2,1-4H3,(H,21,22). The minimum absolute atomic E-state index is 0.112. The summed E-state index contributed by atoms with van der Waals surface area (Å²) in [6.45, 7) is 3.66. The van der Waals surface area contributed by atoms with Crippen LogP contribution in [0.15, 0.2) is 47.6 Å². The van der Waals surface area contributed by atoms with E-state index in [-0.39, 0.29) is 12.5 Å². The van der Waals surface area contributed by atoms with Crippen LogP contribution in [0, 0.1) is 6.92 Å². The Hall–Kier alpha value is -3.02. The Bertz CT molecular complexity index is 755. The van der Waals surface area contributed by atoms with Crippen LogP contribution in [0.1, 0.15) is 18.1 Å². The van der Waals surface area contributed by atoms with Gasteiger partial charge in [0.05, 0.1) is 19.9 Å². The maximum absolute atomic E-state index is 11.9. The Kier molecular flexibility index (Phi) is 6.39. The lowest BCUT2D eigenvalue weighted by molar-refractivity contribution is -0.123. The molecule has 2 rings (SSSR count). The van der Waals surface area contributed by atoms with E-state index in [1.165, 1.54) is 0 Å². The fourth-order valence-corrected chi connectivity index (χ4v) is 2.12. The zero-order chi connectivity index (χ0) is 18.2. The number of amides is 1. The second-order valence-corrected chi connectivity index (χ2v) is 5.40. The molecule has 132 valence electrons. The van der Waals surface area contributed by atoms with Crippen molar-refractivity contribution < 1.29 is 19.0 Å². The number of rotatable bonds is 7. The Balaban J connectivity index is 1.96. The molecule has 25 heavy (non-hydrogen) atoms. The number of nitrogens with zero attached hydrogens (tertiary/aromatic N) is 1. The Morgan fingerprint density at radius 3 is 2.36 bits per heavy atom. The molecule has 0 fully saturated rings. The number of ether oxygens (including phenoxy) is 3. The van der Waals surface area contributed by atoms with E-state index >= 15 is 0 Å². The summed E-state index contributed by atoms with van der Waals surface area (Å²) in [6.07, 6.45) is 0. The number of hydrogen-bond donors (Lipinski definition) is 1. The fraction of sp³-hybridized carbons (Fsp3) is 0.263. The van der Waals surface area contributed by atoms with E-state index in [0.717, 1.165) is 11.1 Å². The third kappa shape index (κ3) is 5.24. The number of nitrogens with one attached hydrogen (secondary N) is 1. The summed E-state index contributed by atoms with van der Waals surface area (Å²) in [5, 5.41) is 4.10. The van der Waals surface area contributed by atoms with Gasteiger partial charge in [0, 0.05) is 11.6 Å². The summed E-state index contributed by atoms with van der Waals surface area (Å²) < 4.78 is 15.9. The van der Waals surface area contributed by atoms with Gasteiger partial charge in [-0.1, -0.05) is 17.7 Å². The van der Waals surface area contributed by atoms with Crippen LogP contribution in [0.4, 0.5) is 0 Å².